The first-order valence-electron chi connectivity index (χ1n) is 9.31. The highest BCUT2D eigenvalue weighted by molar-refractivity contribution is 5.82. The van der Waals surface area contributed by atoms with E-state index in [1.807, 2.05) is 0 Å². The second-order valence-electron chi connectivity index (χ2n) is 6.98. The fourth-order valence-electron chi connectivity index (χ4n) is 3.94. The molecule has 1 saturated heterocycles. The van der Waals surface area contributed by atoms with Gasteiger partial charge in [-0.3, -0.25) is 4.79 Å². The van der Waals surface area contributed by atoms with Gasteiger partial charge in [0.15, 0.2) is 0 Å². The van der Waals surface area contributed by atoms with Crippen molar-refractivity contribution >= 4 is 5.91 Å². The predicted molar refractivity (Wildman–Crippen MR) is 88.3 cm³/mol. The summed E-state index contributed by atoms with van der Waals surface area (Å²) in [6.45, 7) is 6.30. The van der Waals surface area contributed by atoms with Crippen LogP contribution in [0.5, 0.6) is 0 Å². The zero-order valence-electron chi connectivity index (χ0n) is 14.1. The number of hydrogen-bond donors (Lipinski definition) is 1. The van der Waals surface area contributed by atoms with Crippen molar-refractivity contribution < 1.29 is 4.79 Å². The Bertz CT molecular complexity index is 310. The zero-order valence-corrected chi connectivity index (χ0v) is 14.1. The van der Waals surface area contributed by atoms with Crippen LogP contribution in [0.4, 0.5) is 0 Å². The number of piperidine rings is 1. The van der Waals surface area contributed by atoms with Gasteiger partial charge in [-0.15, -0.1) is 0 Å². The second-order valence-corrected chi connectivity index (χ2v) is 6.98. The van der Waals surface area contributed by atoms with E-state index in [4.69, 9.17) is 0 Å². The van der Waals surface area contributed by atoms with Gasteiger partial charge >= 0.3 is 0 Å². The van der Waals surface area contributed by atoms with Gasteiger partial charge in [0, 0.05) is 19.1 Å². The zero-order chi connectivity index (χ0) is 15.1. The molecule has 21 heavy (non-hydrogen) atoms. The maximum Gasteiger partial charge on any atom is 0.239 e. The average molecular weight is 294 g/mol. The molecule has 0 aromatic rings. The Morgan fingerprint density at radius 3 is 2.33 bits per heavy atom. The van der Waals surface area contributed by atoms with Gasteiger partial charge in [-0.25, -0.2) is 0 Å². The first kappa shape index (κ1) is 16.8. The minimum atomic E-state index is 0.0954. The smallest absolute Gasteiger partial charge is 0.239 e. The first-order chi connectivity index (χ1) is 10.3. The number of fused-ring (bicyclic) bond motifs is 1. The Morgan fingerprint density at radius 2 is 1.67 bits per heavy atom. The molecule has 3 heteroatoms. The minimum Gasteiger partial charge on any atom is -0.341 e. The standard InChI is InChI=1S/C18H34N2O/c1-3-5-13-20(14-6-4-2)18(21)17-12-11-15-9-7-8-10-16(15)19-17/h15-17,19H,3-14H2,1-2H3. The summed E-state index contributed by atoms with van der Waals surface area (Å²) >= 11 is 0. The molecule has 0 spiro atoms. The van der Waals surface area contributed by atoms with Gasteiger partial charge in [0.1, 0.15) is 0 Å². The number of hydrogen-bond acceptors (Lipinski definition) is 2. The first-order valence-corrected chi connectivity index (χ1v) is 9.31. The van der Waals surface area contributed by atoms with Crippen LogP contribution in [0.3, 0.4) is 0 Å². The van der Waals surface area contributed by atoms with Crippen LogP contribution in [-0.4, -0.2) is 36.0 Å². The summed E-state index contributed by atoms with van der Waals surface area (Å²) in [6.07, 6.45) is 12.3. The van der Waals surface area contributed by atoms with Crippen molar-refractivity contribution in [3.8, 4) is 0 Å². The molecule has 1 aliphatic heterocycles. The topological polar surface area (TPSA) is 32.3 Å². The van der Waals surface area contributed by atoms with E-state index in [2.05, 4.69) is 24.1 Å². The molecule has 1 N–H and O–H groups in total. The van der Waals surface area contributed by atoms with E-state index < -0.39 is 0 Å². The Hall–Kier alpha value is -0.570. The Morgan fingerprint density at radius 1 is 1.00 bits per heavy atom. The van der Waals surface area contributed by atoms with Crippen molar-refractivity contribution in [2.24, 2.45) is 5.92 Å². The van der Waals surface area contributed by atoms with Crippen molar-refractivity contribution in [2.45, 2.75) is 90.1 Å². The molecule has 2 rings (SSSR count). The van der Waals surface area contributed by atoms with Crippen LogP contribution in [-0.2, 0) is 4.79 Å². The number of nitrogens with one attached hydrogen (secondary N) is 1. The predicted octanol–water partition coefficient (Wildman–Crippen LogP) is 3.73. The summed E-state index contributed by atoms with van der Waals surface area (Å²) in [7, 11) is 0. The van der Waals surface area contributed by atoms with Crippen LogP contribution in [0.2, 0.25) is 0 Å². The van der Waals surface area contributed by atoms with Crippen LogP contribution in [0.1, 0.15) is 78.1 Å². The molecule has 0 bridgehead atoms. The number of unbranched alkanes of at least 4 members (excludes halogenated alkanes) is 2. The van der Waals surface area contributed by atoms with Crippen molar-refractivity contribution in [1.82, 2.24) is 10.2 Å². The fourth-order valence-corrected chi connectivity index (χ4v) is 3.94. The lowest BCUT2D eigenvalue weighted by Crippen LogP contribution is -2.56. The quantitative estimate of drug-likeness (QED) is 0.776. The van der Waals surface area contributed by atoms with Gasteiger partial charge in [-0.05, 0) is 44.4 Å². The summed E-state index contributed by atoms with van der Waals surface area (Å²) < 4.78 is 0. The monoisotopic (exact) mass is 294 g/mol. The fraction of sp³-hybridized carbons (Fsp3) is 0.944. The van der Waals surface area contributed by atoms with Crippen LogP contribution >= 0.6 is 0 Å². The SMILES string of the molecule is CCCCN(CCCC)C(=O)C1CCC2CCCCC2N1. The lowest BCUT2D eigenvalue weighted by molar-refractivity contribution is -0.135. The maximum absolute atomic E-state index is 12.8. The Balaban J connectivity index is 1.89. The molecule has 3 atom stereocenters. The largest absolute Gasteiger partial charge is 0.341 e. The van der Waals surface area contributed by atoms with Crippen molar-refractivity contribution in [1.29, 1.82) is 0 Å². The van der Waals surface area contributed by atoms with E-state index >= 15 is 0 Å². The van der Waals surface area contributed by atoms with Gasteiger partial charge in [-0.2, -0.15) is 0 Å². The van der Waals surface area contributed by atoms with Gasteiger partial charge in [0.25, 0.3) is 0 Å². The molecule has 1 amide bonds. The average Bonchev–Trinajstić information content (AvgIpc) is 2.54. The minimum absolute atomic E-state index is 0.0954. The van der Waals surface area contributed by atoms with E-state index in [0.29, 0.717) is 11.9 Å². The third kappa shape index (κ3) is 4.70. The summed E-state index contributed by atoms with van der Waals surface area (Å²) in [5, 5.41) is 3.70. The molecule has 0 radical (unpaired) electrons. The third-order valence-electron chi connectivity index (χ3n) is 5.32. The van der Waals surface area contributed by atoms with Crippen LogP contribution in [0.25, 0.3) is 0 Å². The molecule has 3 nitrogen and oxygen atoms in total. The van der Waals surface area contributed by atoms with Crippen molar-refractivity contribution in [2.75, 3.05) is 13.1 Å². The number of nitrogens with zero attached hydrogens (tertiary/aromatic N) is 1. The molecule has 2 fully saturated rings. The van der Waals surface area contributed by atoms with E-state index in [9.17, 15) is 4.79 Å². The number of carbonyl (C=O) groups is 1. The number of rotatable bonds is 7. The molecule has 1 heterocycles. The summed E-state index contributed by atoms with van der Waals surface area (Å²) in [4.78, 5) is 15.0. The lowest BCUT2D eigenvalue weighted by Gasteiger charge is -2.41. The van der Waals surface area contributed by atoms with Gasteiger partial charge < -0.3 is 10.2 Å². The molecular weight excluding hydrogens is 260 g/mol. The summed E-state index contributed by atoms with van der Waals surface area (Å²) in [5.41, 5.74) is 0. The highest BCUT2D eigenvalue weighted by Gasteiger charge is 2.35. The van der Waals surface area contributed by atoms with E-state index in [1.165, 1.54) is 44.9 Å². The Kier molecular flexibility index (Phi) is 7.01. The Labute approximate surface area is 130 Å². The van der Waals surface area contributed by atoms with E-state index in [1.54, 1.807) is 0 Å². The maximum atomic E-state index is 12.8. The van der Waals surface area contributed by atoms with E-state index in [0.717, 1.165) is 38.3 Å². The number of amides is 1. The highest BCUT2D eigenvalue weighted by atomic mass is 16.2. The van der Waals surface area contributed by atoms with Crippen molar-refractivity contribution in [3.63, 3.8) is 0 Å². The normalized spacial score (nSPS) is 29.0. The molecule has 1 aliphatic carbocycles. The molecular formula is C18H34N2O. The van der Waals surface area contributed by atoms with Crippen LogP contribution in [0, 0.1) is 5.92 Å². The van der Waals surface area contributed by atoms with Gasteiger partial charge in [0.05, 0.1) is 6.04 Å². The van der Waals surface area contributed by atoms with Gasteiger partial charge in [0.2, 0.25) is 5.91 Å². The molecule has 3 unspecified atom stereocenters. The lowest BCUT2D eigenvalue weighted by atomic mass is 9.77. The van der Waals surface area contributed by atoms with Gasteiger partial charge in [-0.1, -0.05) is 39.5 Å². The number of carbonyl (C=O) groups excluding carboxylic acids is 1. The highest BCUT2D eigenvalue weighted by Crippen LogP contribution is 2.32. The van der Waals surface area contributed by atoms with Crippen molar-refractivity contribution in [3.05, 3.63) is 0 Å². The molecule has 1 saturated carbocycles. The second kappa shape index (κ2) is 8.77. The molecule has 0 aromatic heterocycles. The van der Waals surface area contributed by atoms with E-state index in [-0.39, 0.29) is 6.04 Å². The van der Waals surface area contributed by atoms with Crippen LogP contribution in [0.15, 0.2) is 0 Å². The van der Waals surface area contributed by atoms with Crippen LogP contribution < -0.4 is 5.32 Å². The summed E-state index contributed by atoms with van der Waals surface area (Å²) in [5.74, 6) is 1.21. The third-order valence-corrected chi connectivity index (χ3v) is 5.32. The molecule has 0 aromatic carbocycles. The summed E-state index contributed by atoms with van der Waals surface area (Å²) in [6, 6.07) is 0.707. The molecule has 2 aliphatic rings. The molecule has 122 valence electrons.